The van der Waals surface area contributed by atoms with Crippen molar-refractivity contribution >= 4 is 5.91 Å². The number of phenols is 1. The third-order valence-corrected chi connectivity index (χ3v) is 5.27. The Morgan fingerprint density at radius 1 is 0.871 bits per heavy atom. The van der Waals surface area contributed by atoms with Crippen molar-refractivity contribution in [3.63, 3.8) is 0 Å². The second-order valence-electron chi connectivity index (χ2n) is 7.31. The topological polar surface area (TPSA) is 66.3 Å². The van der Waals surface area contributed by atoms with Crippen LogP contribution in [-0.2, 0) is 6.54 Å². The Labute approximate surface area is 181 Å². The largest absolute Gasteiger partial charge is 0.508 e. The lowest BCUT2D eigenvalue weighted by Crippen LogP contribution is -2.33. The van der Waals surface area contributed by atoms with Crippen molar-refractivity contribution in [2.24, 2.45) is 0 Å². The third-order valence-electron chi connectivity index (χ3n) is 5.27. The summed E-state index contributed by atoms with van der Waals surface area (Å²) in [5.74, 6) is 0.538. The van der Waals surface area contributed by atoms with Gasteiger partial charge in [-0.05, 0) is 18.6 Å². The summed E-state index contributed by atoms with van der Waals surface area (Å²) in [5, 5.41) is 10.3. The van der Waals surface area contributed by atoms with E-state index in [1.165, 1.54) is 0 Å². The van der Waals surface area contributed by atoms with E-state index in [0.29, 0.717) is 17.0 Å². The number of hydrogen-bond donors (Lipinski definition) is 1. The highest BCUT2D eigenvalue weighted by Crippen LogP contribution is 2.27. The van der Waals surface area contributed by atoms with Gasteiger partial charge in [-0.15, -0.1) is 0 Å². The van der Waals surface area contributed by atoms with Gasteiger partial charge in [0.05, 0.1) is 18.2 Å². The smallest absolute Gasteiger partial charge is 0.257 e. The number of rotatable bonds is 6. The van der Waals surface area contributed by atoms with Crippen molar-refractivity contribution in [1.29, 1.82) is 0 Å². The van der Waals surface area contributed by atoms with E-state index < -0.39 is 0 Å². The Bertz CT molecular complexity index is 1150. The van der Waals surface area contributed by atoms with Crippen LogP contribution in [0, 0.1) is 0 Å². The fourth-order valence-corrected chi connectivity index (χ4v) is 3.46. The van der Waals surface area contributed by atoms with Gasteiger partial charge >= 0.3 is 0 Å². The summed E-state index contributed by atoms with van der Waals surface area (Å²) in [6.07, 6.45) is 3.13. The lowest BCUT2D eigenvalue weighted by atomic mass is 10.0. The van der Waals surface area contributed by atoms with Crippen molar-refractivity contribution in [3.05, 3.63) is 114 Å². The molecule has 1 amide bonds. The molecule has 0 radical (unpaired) electrons. The Morgan fingerprint density at radius 3 is 2.10 bits per heavy atom. The van der Waals surface area contributed by atoms with Crippen LogP contribution < -0.4 is 0 Å². The fourth-order valence-electron chi connectivity index (χ4n) is 3.46. The van der Waals surface area contributed by atoms with E-state index in [0.717, 1.165) is 11.1 Å². The number of carbonyl (C=O) groups is 1. The van der Waals surface area contributed by atoms with Gasteiger partial charge in [-0.25, -0.2) is 9.97 Å². The zero-order valence-electron chi connectivity index (χ0n) is 17.2. The number of aromatic nitrogens is 2. The lowest BCUT2D eigenvalue weighted by Gasteiger charge is -2.30. The molecule has 5 heteroatoms. The zero-order chi connectivity index (χ0) is 21.6. The van der Waals surface area contributed by atoms with Gasteiger partial charge in [0, 0.05) is 23.5 Å². The SMILES string of the molecule is C[C@H](c1ccccc1)N(Cc1ccccc1O)C(=O)c1cnc(-c2ccccc2)nc1. The van der Waals surface area contributed by atoms with E-state index in [1.54, 1.807) is 29.4 Å². The van der Waals surface area contributed by atoms with Gasteiger partial charge in [-0.1, -0.05) is 78.9 Å². The molecule has 1 N–H and O–H groups in total. The molecule has 0 aliphatic rings. The fraction of sp³-hybridized carbons (Fsp3) is 0.115. The molecule has 0 saturated heterocycles. The minimum absolute atomic E-state index is 0.163. The first-order chi connectivity index (χ1) is 15.1. The van der Waals surface area contributed by atoms with Crippen molar-refractivity contribution in [1.82, 2.24) is 14.9 Å². The summed E-state index contributed by atoms with van der Waals surface area (Å²) in [7, 11) is 0. The van der Waals surface area contributed by atoms with Gasteiger partial charge < -0.3 is 10.0 Å². The highest BCUT2D eigenvalue weighted by Gasteiger charge is 2.24. The van der Waals surface area contributed by atoms with E-state index in [4.69, 9.17) is 0 Å². The van der Waals surface area contributed by atoms with Crippen LogP contribution in [0.5, 0.6) is 5.75 Å². The standard InChI is InChI=1S/C26H23N3O2/c1-19(20-10-4-2-5-11-20)29(18-22-14-8-9-15-24(22)30)26(31)23-16-27-25(28-17-23)21-12-6-3-7-13-21/h2-17,19,30H,18H2,1H3/t19-/m1/s1. The van der Waals surface area contributed by atoms with Gasteiger partial charge in [0.2, 0.25) is 0 Å². The molecule has 5 nitrogen and oxygen atoms in total. The second-order valence-corrected chi connectivity index (χ2v) is 7.31. The Kier molecular flexibility index (Phi) is 6.03. The number of carbonyl (C=O) groups excluding carboxylic acids is 1. The van der Waals surface area contributed by atoms with Crippen molar-refractivity contribution in [2.75, 3.05) is 0 Å². The highest BCUT2D eigenvalue weighted by molar-refractivity contribution is 5.94. The van der Waals surface area contributed by atoms with Crippen LogP contribution in [0.4, 0.5) is 0 Å². The molecular formula is C26H23N3O2. The molecule has 0 saturated carbocycles. The summed E-state index contributed by atoms with van der Waals surface area (Å²) < 4.78 is 0. The predicted molar refractivity (Wildman–Crippen MR) is 120 cm³/mol. The summed E-state index contributed by atoms with van der Waals surface area (Å²) in [6, 6.07) is 26.3. The van der Waals surface area contributed by atoms with Gasteiger partial charge in [0.15, 0.2) is 5.82 Å². The monoisotopic (exact) mass is 409 g/mol. The predicted octanol–water partition coefficient (Wildman–Crippen LogP) is 5.25. The van der Waals surface area contributed by atoms with E-state index in [9.17, 15) is 9.90 Å². The molecular weight excluding hydrogens is 386 g/mol. The van der Waals surface area contributed by atoms with Crippen molar-refractivity contribution in [2.45, 2.75) is 19.5 Å². The van der Waals surface area contributed by atoms with E-state index in [1.807, 2.05) is 79.7 Å². The first-order valence-electron chi connectivity index (χ1n) is 10.1. The number of hydrogen-bond acceptors (Lipinski definition) is 4. The minimum atomic E-state index is -0.206. The molecule has 0 fully saturated rings. The molecule has 154 valence electrons. The molecule has 1 aromatic heterocycles. The van der Waals surface area contributed by atoms with E-state index >= 15 is 0 Å². The number of amides is 1. The Morgan fingerprint density at radius 2 is 1.45 bits per heavy atom. The molecule has 4 aromatic rings. The van der Waals surface area contributed by atoms with Crippen molar-refractivity contribution in [3.8, 4) is 17.1 Å². The highest BCUT2D eigenvalue weighted by atomic mass is 16.3. The molecule has 1 atom stereocenters. The van der Waals surface area contributed by atoms with Crippen LogP contribution >= 0.6 is 0 Å². The number of benzene rings is 3. The first kappa shape index (κ1) is 20.3. The molecule has 0 aliphatic heterocycles. The summed E-state index contributed by atoms with van der Waals surface area (Å²) >= 11 is 0. The third kappa shape index (κ3) is 4.61. The Balaban J connectivity index is 1.65. The maximum atomic E-state index is 13.5. The lowest BCUT2D eigenvalue weighted by molar-refractivity contribution is 0.0672. The van der Waals surface area contributed by atoms with Gasteiger partial charge in [0.1, 0.15) is 5.75 Å². The normalized spacial score (nSPS) is 11.6. The summed E-state index contributed by atoms with van der Waals surface area (Å²) in [6.45, 7) is 2.24. The van der Waals surface area contributed by atoms with Crippen molar-refractivity contribution < 1.29 is 9.90 Å². The number of phenolic OH excluding ortho intramolecular Hbond substituents is 1. The van der Waals surface area contributed by atoms with Gasteiger partial charge in [0.25, 0.3) is 5.91 Å². The molecule has 0 aliphatic carbocycles. The van der Waals surface area contributed by atoms with E-state index in [2.05, 4.69) is 9.97 Å². The molecule has 0 spiro atoms. The zero-order valence-corrected chi connectivity index (χ0v) is 17.2. The molecule has 1 heterocycles. The molecule has 0 unspecified atom stereocenters. The first-order valence-corrected chi connectivity index (χ1v) is 10.1. The van der Waals surface area contributed by atoms with E-state index in [-0.39, 0.29) is 24.2 Å². The minimum Gasteiger partial charge on any atom is -0.508 e. The van der Waals surface area contributed by atoms with Crippen LogP contribution in [-0.4, -0.2) is 25.9 Å². The summed E-state index contributed by atoms with van der Waals surface area (Å²) in [5.41, 5.74) is 2.98. The number of nitrogens with zero attached hydrogens (tertiary/aromatic N) is 3. The summed E-state index contributed by atoms with van der Waals surface area (Å²) in [4.78, 5) is 24.0. The van der Waals surface area contributed by atoms with Crippen LogP contribution in [0.2, 0.25) is 0 Å². The maximum Gasteiger partial charge on any atom is 0.257 e. The average molecular weight is 409 g/mol. The average Bonchev–Trinajstić information content (AvgIpc) is 2.84. The molecule has 0 bridgehead atoms. The number of aromatic hydroxyl groups is 1. The number of para-hydroxylation sites is 1. The molecule has 4 rings (SSSR count). The molecule has 31 heavy (non-hydrogen) atoms. The molecule has 3 aromatic carbocycles. The maximum absolute atomic E-state index is 13.5. The van der Waals surface area contributed by atoms with Crippen LogP contribution in [0.3, 0.4) is 0 Å². The van der Waals surface area contributed by atoms with Crippen LogP contribution in [0.25, 0.3) is 11.4 Å². The van der Waals surface area contributed by atoms with Crippen LogP contribution in [0.15, 0.2) is 97.3 Å². The second kappa shape index (κ2) is 9.22. The van der Waals surface area contributed by atoms with Gasteiger partial charge in [-0.2, -0.15) is 0 Å². The Hall–Kier alpha value is -3.99. The van der Waals surface area contributed by atoms with Gasteiger partial charge in [-0.3, -0.25) is 4.79 Å². The van der Waals surface area contributed by atoms with Crippen LogP contribution in [0.1, 0.15) is 34.5 Å². The quantitative estimate of drug-likeness (QED) is 0.472.